The Morgan fingerprint density at radius 2 is 1.56 bits per heavy atom. The molecule has 188 valence electrons. The number of hydrogen-bond donors (Lipinski definition) is 2. The van der Waals surface area contributed by atoms with Crippen molar-refractivity contribution in [2.45, 2.75) is 105 Å². The molecule has 0 radical (unpaired) electrons. The Morgan fingerprint density at radius 1 is 0.882 bits per heavy atom. The van der Waals surface area contributed by atoms with Gasteiger partial charge in [0.25, 0.3) is 0 Å². The zero-order valence-corrected chi connectivity index (χ0v) is 20.4. The van der Waals surface area contributed by atoms with E-state index in [2.05, 4.69) is 0 Å². The zero-order valence-electron chi connectivity index (χ0n) is 19.6. The van der Waals surface area contributed by atoms with Gasteiger partial charge < -0.3 is 43.4 Å². The average molecular weight is 497 g/mol. The summed E-state index contributed by atoms with van der Waals surface area (Å²) >= 11 is 1.52. The number of ether oxygens (including phenoxy) is 7. The molecular weight excluding hydrogens is 464 g/mol. The van der Waals surface area contributed by atoms with Crippen molar-refractivity contribution >= 4 is 11.8 Å². The van der Waals surface area contributed by atoms with Gasteiger partial charge in [0.15, 0.2) is 24.2 Å². The fourth-order valence-corrected chi connectivity index (χ4v) is 7.10. The summed E-state index contributed by atoms with van der Waals surface area (Å²) in [6.45, 7) is 7.58. The average Bonchev–Trinajstić information content (AvgIpc) is 3.44. The third-order valence-electron chi connectivity index (χ3n) is 7.09. The predicted octanol–water partition coefficient (Wildman–Crippen LogP) is 1.64. The number of aliphatic hydroxyl groups excluding tert-OH is 2. The summed E-state index contributed by atoms with van der Waals surface area (Å²) in [7, 11) is 0. The Hall–Kier alpha value is -0.790. The van der Waals surface area contributed by atoms with Crippen molar-refractivity contribution in [1.29, 1.82) is 0 Å². The lowest BCUT2D eigenvalue weighted by atomic mass is 9.81. The maximum atomic E-state index is 11.8. The topological polar surface area (TPSA) is 105 Å². The number of benzene rings is 1. The third kappa shape index (κ3) is 4.02. The van der Waals surface area contributed by atoms with Crippen LogP contribution in [0.1, 0.15) is 27.7 Å². The molecule has 1 aromatic rings. The summed E-state index contributed by atoms with van der Waals surface area (Å²) in [5.74, 6) is -2.33. The highest BCUT2D eigenvalue weighted by molar-refractivity contribution is 8.00. The van der Waals surface area contributed by atoms with Gasteiger partial charge in [-0.3, -0.25) is 0 Å². The summed E-state index contributed by atoms with van der Waals surface area (Å²) in [5.41, 5.74) is 0. The number of rotatable bonds is 4. The lowest BCUT2D eigenvalue weighted by Crippen LogP contribution is -2.63. The van der Waals surface area contributed by atoms with Gasteiger partial charge in [0.1, 0.15) is 30.5 Å². The van der Waals surface area contributed by atoms with Crippen LogP contribution in [0.5, 0.6) is 0 Å². The largest absolute Gasteiger partial charge is 0.390 e. The molecule has 6 rings (SSSR count). The van der Waals surface area contributed by atoms with Gasteiger partial charge in [-0.25, -0.2) is 0 Å². The second kappa shape index (κ2) is 8.37. The normalized spacial score (nSPS) is 47.2. The van der Waals surface area contributed by atoms with E-state index >= 15 is 0 Å². The quantitative estimate of drug-likeness (QED) is 0.639. The van der Waals surface area contributed by atoms with Gasteiger partial charge in [-0.1, -0.05) is 18.2 Å². The summed E-state index contributed by atoms with van der Waals surface area (Å²) in [5, 5.41) is 22.7. The first kappa shape index (κ1) is 23.6. The second-order valence-electron chi connectivity index (χ2n) is 10.5. The minimum absolute atomic E-state index is 0.279. The zero-order chi connectivity index (χ0) is 23.8. The third-order valence-corrected chi connectivity index (χ3v) is 8.45. The summed E-state index contributed by atoms with van der Waals surface area (Å²) in [6, 6.07) is 9.82. The molecule has 0 spiro atoms. The molecule has 0 amide bonds. The number of fused-ring (bicyclic) bond motifs is 5. The van der Waals surface area contributed by atoms with Crippen LogP contribution in [0.15, 0.2) is 35.2 Å². The van der Waals surface area contributed by atoms with Crippen molar-refractivity contribution in [3.63, 3.8) is 0 Å². The van der Waals surface area contributed by atoms with E-state index in [0.29, 0.717) is 0 Å². The minimum atomic E-state index is -1.09. The molecule has 0 saturated carbocycles. The highest BCUT2D eigenvalue weighted by Gasteiger charge is 2.64. The molecule has 1 aromatic carbocycles. The molecule has 9 nitrogen and oxygen atoms in total. The van der Waals surface area contributed by atoms with Crippen LogP contribution in [0.2, 0.25) is 0 Å². The minimum Gasteiger partial charge on any atom is -0.390 e. The molecule has 0 aromatic heterocycles. The second-order valence-corrected chi connectivity index (χ2v) is 11.7. The standard InChI is InChI=1S/C24H32O9S/c1-23(2)30-17-16(29-21-19(18(17)31-23)32-24(3,4)33-21)15(26)13-14(25)12-10-27-22(28-12)20(13)34-11-8-6-5-7-9-11/h5-9,12-22,25-26H,10H2,1-4H3/t12-,13-,14+,15?,16-,17+,18+,19-,20-,21-,22-/m1/s1. The Kier molecular flexibility index (Phi) is 5.81. The van der Waals surface area contributed by atoms with Gasteiger partial charge in [-0.05, 0) is 39.8 Å². The molecule has 2 N–H and O–H groups in total. The van der Waals surface area contributed by atoms with Crippen molar-refractivity contribution in [1.82, 2.24) is 0 Å². The Morgan fingerprint density at radius 3 is 2.32 bits per heavy atom. The van der Waals surface area contributed by atoms with Gasteiger partial charge >= 0.3 is 0 Å². The van der Waals surface area contributed by atoms with E-state index in [1.807, 2.05) is 58.0 Å². The summed E-state index contributed by atoms with van der Waals surface area (Å²) in [6.07, 6.45) is -6.19. The molecule has 0 aliphatic carbocycles. The molecule has 2 bridgehead atoms. The van der Waals surface area contributed by atoms with E-state index in [4.69, 9.17) is 33.2 Å². The first-order valence-corrected chi connectivity index (χ1v) is 12.7. The van der Waals surface area contributed by atoms with Gasteiger partial charge in [-0.2, -0.15) is 0 Å². The predicted molar refractivity (Wildman–Crippen MR) is 119 cm³/mol. The highest BCUT2D eigenvalue weighted by Crippen LogP contribution is 2.49. The summed E-state index contributed by atoms with van der Waals surface area (Å²) < 4.78 is 42.6. The molecule has 5 saturated heterocycles. The van der Waals surface area contributed by atoms with Crippen molar-refractivity contribution < 1.29 is 43.4 Å². The Balaban J connectivity index is 1.31. The van der Waals surface area contributed by atoms with Crippen LogP contribution in [0, 0.1) is 5.92 Å². The van der Waals surface area contributed by atoms with Crippen molar-refractivity contribution in [2.75, 3.05) is 6.61 Å². The van der Waals surface area contributed by atoms with Gasteiger partial charge in [0, 0.05) is 10.8 Å². The molecule has 5 aliphatic heterocycles. The van der Waals surface area contributed by atoms with Crippen molar-refractivity contribution in [3.8, 4) is 0 Å². The Labute approximate surface area is 202 Å². The van der Waals surface area contributed by atoms with Crippen LogP contribution in [0.3, 0.4) is 0 Å². The van der Waals surface area contributed by atoms with E-state index in [-0.39, 0.29) is 11.9 Å². The monoisotopic (exact) mass is 496 g/mol. The summed E-state index contributed by atoms with van der Waals surface area (Å²) in [4.78, 5) is 0.993. The van der Waals surface area contributed by atoms with Crippen molar-refractivity contribution in [2.24, 2.45) is 5.92 Å². The van der Waals surface area contributed by atoms with Crippen LogP contribution in [-0.4, -0.2) is 89.0 Å². The van der Waals surface area contributed by atoms with Gasteiger partial charge in [0.2, 0.25) is 0 Å². The van der Waals surface area contributed by atoms with Crippen molar-refractivity contribution in [3.05, 3.63) is 30.3 Å². The first-order chi connectivity index (χ1) is 16.1. The van der Waals surface area contributed by atoms with E-state index in [1.165, 1.54) is 11.8 Å². The highest BCUT2D eigenvalue weighted by atomic mass is 32.2. The van der Waals surface area contributed by atoms with Crippen LogP contribution in [0.25, 0.3) is 0 Å². The fourth-order valence-electron chi connectivity index (χ4n) is 5.74. The van der Waals surface area contributed by atoms with E-state index in [9.17, 15) is 10.2 Å². The SMILES string of the molecule is CC1(C)O[C@H]2[C@@H](O1)[C@@H](C(O)[C@H]1[C@@H](O)[C@H]3CO[C@H](O3)[C@@H]1Sc1ccccc1)O[C@@H]1OC(C)(C)O[C@@H]12. The van der Waals surface area contributed by atoms with Crippen LogP contribution >= 0.6 is 11.8 Å². The molecule has 5 aliphatic rings. The molecule has 34 heavy (non-hydrogen) atoms. The van der Waals surface area contributed by atoms with Crippen LogP contribution < -0.4 is 0 Å². The first-order valence-electron chi connectivity index (χ1n) is 11.8. The fraction of sp³-hybridized carbons (Fsp3) is 0.750. The molecule has 5 heterocycles. The lowest BCUT2D eigenvalue weighted by Gasteiger charge is -2.46. The van der Waals surface area contributed by atoms with E-state index in [1.54, 1.807) is 0 Å². The lowest BCUT2D eigenvalue weighted by molar-refractivity contribution is -0.267. The van der Waals surface area contributed by atoms with Crippen LogP contribution in [-0.2, 0) is 33.2 Å². The number of hydrogen-bond acceptors (Lipinski definition) is 10. The molecule has 10 heteroatoms. The molecule has 11 atom stereocenters. The Bertz CT molecular complexity index is 898. The van der Waals surface area contributed by atoms with E-state index < -0.39 is 72.8 Å². The number of thioether (sulfide) groups is 1. The van der Waals surface area contributed by atoms with Gasteiger partial charge in [0.05, 0.1) is 24.1 Å². The molecular formula is C24H32O9S. The van der Waals surface area contributed by atoms with E-state index in [0.717, 1.165) is 4.90 Å². The maximum absolute atomic E-state index is 11.8. The molecule has 1 unspecified atom stereocenters. The van der Waals surface area contributed by atoms with Crippen LogP contribution in [0.4, 0.5) is 0 Å². The smallest absolute Gasteiger partial charge is 0.190 e. The molecule has 5 fully saturated rings. The van der Waals surface area contributed by atoms with Gasteiger partial charge in [-0.15, -0.1) is 11.8 Å². The maximum Gasteiger partial charge on any atom is 0.190 e. The number of aliphatic hydroxyl groups is 2.